The smallest absolute Gasteiger partial charge is 0.123 e. The van der Waals surface area contributed by atoms with Gasteiger partial charge in [0.2, 0.25) is 0 Å². The fourth-order valence-electron chi connectivity index (χ4n) is 1.68. The van der Waals surface area contributed by atoms with Crippen LogP contribution in [0.4, 0.5) is 0 Å². The van der Waals surface area contributed by atoms with Gasteiger partial charge in [-0.1, -0.05) is 20.3 Å². The molecule has 0 aliphatic heterocycles. The molecule has 15 heavy (non-hydrogen) atoms. The van der Waals surface area contributed by atoms with E-state index >= 15 is 0 Å². The lowest BCUT2D eigenvalue weighted by atomic mass is 10.1. The summed E-state index contributed by atoms with van der Waals surface area (Å²) in [6, 6.07) is 3.66. The Hall–Kier alpha value is -0.800. The zero-order valence-electron chi connectivity index (χ0n) is 9.57. The quantitative estimate of drug-likeness (QED) is 0.727. The predicted molar refractivity (Wildman–Crippen MR) is 60.6 cm³/mol. The van der Waals surface area contributed by atoms with Gasteiger partial charge in [0.15, 0.2) is 0 Å². The third-order valence-corrected chi connectivity index (χ3v) is 2.56. The summed E-state index contributed by atoms with van der Waals surface area (Å²) in [5.41, 5.74) is 0. The van der Waals surface area contributed by atoms with Crippen LogP contribution in [-0.2, 0) is 0 Å². The van der Waals surface area contributed by atoms with Crippen LogP contribution in [0.1, 0.15) is 38.5 Å². The first kappa shape index (κ1) is 12.3. The molecule has 0 spiro atoms. The summed E-state index contributed by atoms with van der Waals surface area (Å²) in [5, 5.41) is 12.5. The number of rotatable bonds is 7. The fourth-order valence-corrected chi connectivity index (χ4v) is 1.68. The van der Waals surface area contributed by atoms with Crippen molar-refractivity contribution >= 4 is 0 Å². The Morgan fingerprint density at radius 3 is 2.87 bits per heavy atom. The number of furan rings is 1. The lowest BCUT2D eigenvalue weighted by Gasteiger charge is -2.17. The van der Waals surface area contributed by atoms with Gasteiger partial charge in [0.05, 0.1) is 18.9 Å². The molecule has 2 atom stereocenters. The summed E-state index contributed by atoms with van der Waals surface area (Å²) in [5.74, 6) is 1.44. The van der Waals surface area contributed by atoms with Crippen LogP contribution in [0.3, 0.4) is 0 Å². The second kappa shape index (κ2) is 6.64. The molecule has 2 N–H and O–H groups in total. The summed E-state index contributed by atoms with van der Waals surface area (Å²) < 4.78 is 5.26. The van der Waals surface area contributed by atoms with E-state index < -0.39 is 0 Å². The van der Waals surface area contributed by atoms with Gasteiger partial charge < -0.3 is 14.8 Å². The van der Waals surface area contributed by atoms with E-state index in [1.807, 2.05) is 12.1 Å². The average Bonchev–Trinajstić information content (AvgIpc) is 2.72. The standard InChI is InChI=1S/C12H21NO2/c1-3-5-10(2)8-13-11(9-14)12-6-4-7-15-12/h4,6-7,10-11,13-14H,3,5,8-9H2,1-2H3. The molecule has 1 heterocycles. The Kier molecular flexibility index (Phi) is 5.43. The number of aliphatic hydroxyl groups excluding tert-OH is 1. The van der Waals surface area contributed by atoms with Crippen molar-refractivity contribution in [2.75, 3.05) is 13.2 Å². The van der Waals surface area contributed by atoms with Crippen LogP contribution in [0, 0.1) is 5.92 Å². The minimum atomic E-state index is -0.0701. The second-order valence-electron chi connectivity index (χ2n) is 4.05. The number of hydrogen-bond donors (Lipinski definition) is 2. The highest BCUT2D eigenvalue weighted by atomic mass is 16.3. The second-order valence-corrected chi connectivity index (χ2v) is 4.05. The maximum Gasteiger partial charge on any atom is 0.123 e. The van der Waals surface area contributed by atoms with E-state index in [4.69, 9.17) is 4.42 Å². The van der Waals surface area contributed by atoms with Crippen molar-refractivity contribution in [3.05, 3.63) is 24.2 Å². The van der Waals surface area contributed by atoms with Gasteiger partial charge in [0, 0.05) is 0 Å². The molecule has 2 unspecified atom stereocenters. The summed E-state index contributed by atoms with van der Waals surface area (Å²) in [4.78, 5) is 0. The number of nitrogens with one attached hydrogen (secondary N) is 1. The van der Waals surface area contributed by atoms with E-state index in [1.165, 1.54) is 12.8 Å². The van der Waals surface area contributed by atoms with Crippen molar-refractivity contribution in [2.24, 2.45) is 5.92 Å². The Labute approximate surface area is 91.5 Å². The predicted octanol–water partition coefficient (Wildman–Crippen LogP) is 2.34. The van der Waals surface area contributed by atoms with Gasteiger partial charge in [0.1, 0.15) is 5.76 Å². The Morgan fingerprint density at radius 1 is 1.53 bits per heavy atom. The molecular weight excluding hydrogens is 190 g/mol. The zero-order chi connectivity index (χ0) is 11.1. The summed E-state index contributed by atoms with van der Waals surface area (Å²) in [6.07, 6.45) is 4.05. The van der Waals surface area contributed by atoms with Crippen molar-refractivity contribution in [2.45, 2.75) is 32.7 Å². The molecule has 0 aliphatic rings. The summed E-state index contributed by atoms with van der Waals surface area (Å²) in [7, 11) is 0. The molecule has 86 valence electrons. The maximum absolute atomic E-state index is 9.22. The van der Waals surface area contributed by atoms with Gasteiger partial charge >= 0.3 is 0 Å². The van der Waals surface area contributed by atoms with Crippen molar-refractivity contribution in [1.82, 2.24) is 5.32 Å². The topological polar surface area (TPSA) is 45.4 Å². The van der Waals surface area contributed by atoms with Gasteiger partial charge in [-0.3, -0.25) is 0 Å². The fraction of sp³-hybridized carbons (Fsp3) is 0.667. The molecule has 3 nitrogen and oxygen atoms in total. The normalized spacial score (nSPS) is 15.1. The Bertz CT molecular complexity index is 246. The third kappa shape index (κ3) is 4.06. The molecule has 0 aromatic carbocycles. The minimum Gasteiger partial charge on any atom is -0.468 e. The number of aliphatic hydroxyl groups is 1. The zero-order valence-corrected chi connectivity index (χ0v) is 9.57. The van der Waals surface area contributed by atoms with E-state index in [1.54, 1.807) is 6.26 Å². The Morgan fingerprint density at radius 2 is 2.33 bits per heavy atom. The van der Waals surface area contributed by atoms with Gasteiger partial charge in [-0.15, -0.1) is 0 Å². The van der Waals surface area contributed by atoms with Crippen LogP contribution in [0.15, 0.2) is 22.8 Å². The molecule has 0 amide bonds. The van der Waals surface area contributed by atoms with E-state index in [2.05, 4.69) is 19.2 Å². The van der Waals surface area contributed by atoms with E-state index in [0.29, 0.717) is 5.92 Å². The molecule has 0 saturated heterocycles. The largest absolute Gasteiger partial charge is 0.468 e. The lowest BCUT2D eigenvalue weighted by molar-refractivity contribution is 0.221. The third-order valence-electron chi connectivity index (χ3n) is 2.56. The van der Waals surface area contributed by atoms with Crippen molar-refractivity contribution in [1.29, 1.82) is 0 Å². The first-order chi connectivity index (χ1) is 7.27. The molecule has 3 heteroatoms. The van der Waals surface area contributed by atoms with E-state index in [-0.39, 0.29) is 12.6 Å². The molecule has 1 aromatic heterocycles. The molecule has 1 rings (SSSR count). The van der Waals surface area contributed by atoms with E-state index in [9.17, 15) is 5.11 Å². The Balaban J connectivity index is 2.35. The minimum absolute atomic E-state index is 0.0701. The lowest BCUT2D eigenvalue weighted by Crippen LogP contribution is -2.28. The van der Waals surface area contributed by atoms with Crippen LogP contribution in [0.25, 0.3) is 0 Å². The molecule has 0 saturated carbocycles. The molecule has 1 aromatic rings. The molecular formula is C12H21NO2. The van der Waals surface area contributed by atoms with Gasteiger partial charge in [-0.2, -0.15) is 0 Å². The van der Waals surface area contributed by atoms with Crippen LogP contribution in [0.2, 0.25) is 0 Å². The SMILES string of the molecule is CCCC(C)CNC(CO)c1ccco1. The van der Waals surface area contributed by atoms with Crippen molar-refractivity contribution in [3.63, 3.8) is 0 Å². The highest BCUT2D eigenvalue weighted by molar-refractivity contribution is 5.04. The van der Waals surface area contributed by atoms with Crippen LogP contribution >= 0.6 is 0 Å². The van der Waals surface area contributed by atoms with Crippen LogP contribution < -0.4 is 5.32 Å². The van der Waals surface area contributed by atoms with E-state index in [0.717, 1.165) is 12.3 Å². The highest BCUT2D eigenvalue weighted by Gasteiger charge is 2.13. The molecule has 0 radical (unpaired) electrons. The summed E-state index contributed by atoms with van der Waals surface area (Å²) in [6.45, 7) is 5.39. The summed E-state index contributed by atoms with van der Waals surface area (Å²) >= 11 is 0. The van der Waals surface area contributed by atoms with Gasteiger partial charge in [-0.25, -0.2) is 0 Å². The van der Waals surface area contributed by atoms with Crippen molar-refractivity contribution in [3.8, 4) is 0 Å². The van der Waals surface area contributed by atoms with Crippen LogP contribution in [-0.4, -0.2) is 18.3 Å². The maximum atomic E-state index is 9.22. The number of hydrogen-bond acceptors (Lipinski definition) is 3. The highest BCUT2D eigenvalue weighted by Crippen LogP contribution is 2.13. The van der Waals surface area contributed by atoms with Gasteiger partial charge in [-0.05, 0) is 31.0 Å². The van der Waals surface area contributed by atoms with Crippen LogP contribution in [0.5, 0.6) is 0 Å². The first-order valence-electron chi connectivity index (χ1n) is 5.65. The monoisotopic (exact) mass is 211 g/mol. The molecule has 0 bridgehead atoms. The molecule has 0 aliphatic carbocycles. The van der Waals surface area contributed by atoms with Crippen molar-refractivity contribution < 1.29 is 9.52 Å². The first-order valence-corrected chi connectivity index (χ1v) is 5.65. The molecule has 0 fully saturated rings. The van der Waals surface area contributed by atoms with Gasteiger partial charge in [0.25, 0.3) is 0 Å². The average molecular weight is 211 g/mol.